The molecule has 1 aliphatic heterocycles. The van der Waals surface area contributed by atoms with E-state index in [-0.39, 0.29) is 6.29 Å². The van der Waals surface area contributed by atoms with Gasteiger partial charge in [0.2, 0.25) is 0 Å². The summed E-state index contributed by atoms with van der Waals surface area (Å²) in [6.45, 7) is 0. The van der Waals surface area contributed by atoms with Gasteiger partial charge in [-0.15, -0.1) is 0 Å². The van der Waals surface area contributed by atoms with Crippen LogP contribution in [-0.4, -0.2) is 12.5 Å². The van der Waals surface area contributed by atoms with Gasteiger partial charge in [-0.05, 0) is 35.2 Å². The molecule has 4 heteroatoms. The van der Waals surface area contributed by atoms with Crippen molar-refractivity contribution in [3.8, 4) is 6.07 Å². The molecule has 0 radical (unpaired) electrons. The number of nitrogens with one attached hydrogen (secondary N) is 2. The average molecular weight is 298 g/mol. The molecule has 0 amide bonds. The normalized spacial score (nSPS) is 13.5. The highest BCUT2D eigenvalue weighted by Gasteiger charge is 2.16. The third-order valence-electron chi connectivity index (χ3n) is 3.90. The summed E-state index contributed by atoms with van der Waals surface area (Å²) in [4.78, 5) is 4.56. The maximum absolute atomic E-state index is 8.82. The summed E-state index contributed by atoms with van der Waals surface area (Å²) in [6.07, 6.45) is 1.59. The van der Waals surface area contributed by atoms with Crippen molar-refractivity contribution in [2.45, 2.75) is 6.29 Å². The van der Waals surface area contributed by atoms with E-state index in [1.165, 1.54) is 10.8 Å². The van der Waals surface area contributed by atoms with Gasteiger partial charge in [-0.25, -0.2) is 4.99 Å². The zero-order chi connectivity index (χ0) is 15.6. The van der Waals surface area contributed by atoms with Gasteiger partial charge in [0.25, 0.3) is 0 Å². The molecular weight excluding hydrogens is 284 g/mol. The van der Waals surface area contributed by atoms with Crippen molar-refractivity contribution < 1.29 is 0 Å². The number of nitriles is 1. The Morgan fingerprint density at radius 2 is 1.57 bits per heavy atom. The lowest BCUT2D eigenvalue weighted by Gasteiger charge is -2.26. The molecule has 4 nitrogen and oxygen atoms in total. The highest BCUT2D eigenvalue weighted by atomic mass is 15.3. The summed E-state index contributed by atoms with van der Waals surface area (Å²) >= 11 is 0. The standard InChI is InChI=1S/C19H14N4/c20-11-13-7-9-14(10-8-13)12-21-19-22-16-5-1-3-15-4-2-6-17(23-19)18(15)16/h1-10,12,19,22-23H. The highest BCUT2D eigenvalue weighted by Crippen LogP contribution is 2.34. The van der Waals surface area contributed by atoms with E-state index in [4.69, 9.17) is 5.26 Å². The maximum Gasteiger partial charge on any atom is 0.194 e. The van der Waals surface area contributed by atoms with E-state index >= 15 is 0 Å². The fourth-order valence-electron chi connectivity index (χ4n) is 2.79. The molecule has 0 unspecified atom stereocenters. The predicted octanol–water partition coefficient (Wildman–Crippen LogP) is 3.95. The fraction of sp³-hybridized carbons (Fsp3) is 0.0526. The van der Waals surface area contributed by atoms with Gasteiger partial charge in [-0.3, -0.25) is 0 Å². The van der Waals surface area contributed by atoms with Crippen molar-refractivity contribution >= 4 is 28.4 Å². The molecular formula is C19H14N4. The second-order valence-electron chi connectivity index (χ2n) is 5.41. The highest BCUT2D eigenvalue weighted by molar-refractivity contribution is 6.04. The smallest absolute Gasteiger partial charge is 0.194 e. The third-order valence-corrected chi connectivity index (χ3v) is 3.90. The molecule has 3 aromatic rings. The summed E-state index contributed by atoms with van der Waals surface area (Å²) in [7, 11) is 0. The van der Waals surface area contributed by atoms with Crippen LogP contribution >= 0.6 is 0 Å². The molecule has 0 atom stereocenters. The van der Waals surface area contributed by atoms with Crippen molar-refractivity contribution in [3.05, 3.63) is 71.8 Å². The number of hydrogen-bond acceptors (Lipinski definition) is 4. The first kappa shape index (κ1) is 13.4. The van der Waals surface area contributed by atoms with Crippen molar-refractivity contribution in [3.63, 3.8) is 0 Å². The summed E-state index contributed by atoms with van der Waals surface area (Å²) < 4.78 is 0. The second-order valence-corrected chi connectivity index (χ2v) is 5.41. The van der Waals surface area contributed by atoms with E-state index in [0.717, 1.165) is 16.9 Å². The lowest BCUT2D eigenvalue weighted by molar-refractivity contribution is 0.870. The van der Waals surface area contributed by atoms with E-state index in [2.05, 4.69) is 46.0 Å². The molecule has 0 saturated heterocycles. The monoisotopic (exact) mass is 298 g/mol. The van der Waals surface area contributed by atoms with Crippen molar-refractivity contribution in [1.29, 1.82) is 5.26 Å². The molecule has 0 spiro atoms. The number of benzene rings is 3. The van der Waals surface area contributed by atoms with Crippen LogP contribution in [0.5, 0.6) is 0 Å². The molecule has 0 saturated carbocycles. The van der Waals surface area contributed by atoms with Gasteiger partial charge in [0.1, 0.15) is 0 Å². The predicted molar refractivity (Wildman–Crippen MR) is 93.7 cm³/mol. The Balaban J connectivity index is 1.60. The Kier molecular flexibility index (Phi) is 3.17. The van der Waals surface area contributed by atoms with Crippen LogP contribution in [0, 0.1) is 11.3 Å². The molecule has 1 heterocycles. The first-order chi connectivity index (χ1) is 11.3. The lowest BCUT2D eigenvalue weighted by atomic mass is 10.1. The van der Waals surface area contributed by atoms with Gasteiger partial charge >= 0.3 is 0 Å². The maximum atomic E-state index is 8.82. The minimum absolute atomic E-state index is 0.217. The van der Waals surface area contributed by atoms with E-state index < -0.39 is 0 Å². The first-order valence-corrected chi connectivity index (χ1v) is 7.42. The van der Waals surface area contributed by atoms with E-state index in [1.54, 1.807) is 18.3 Å². The molecule has 0 bridgehead atoms. The molecule has 23 heavy (non-hydrogen) atoms. The zero-order valence-corrected chi connectivity index (χ0v) is 12.3. The number of nitrogens with zero attached hydrogens (tertiary/aromatic N) is 2. The Bertz CT molecular complexity index is 895. The minimum atomic E-state index is -0.217. The number of rotatable bonds is 2. The summed E-state index contributed by atoms with van der Waals surface area (Å²) in [5, 5.41) is 18.0. The number of anilines is 2. The van der Waals surface area contributed by atoms with Crippen molar-refractivity contribution in [2.75, 3.05) is 10.6 Å². The van der Waals surface area contributed by atoms with E-state index in [0.29, 0.717) is 5.56 Å². The van der Waals surface area contributed by atoms with Gasteiger partial charge in [-0.1, -0.05) is 36.4 Å². The van der Waals surface area contributed by atoms with Gasteiger partial charge in [-0.2, -0.15) is 5.26 Å². The van der Waals surface area contributed by atoms with Crippen molar-refractivity contribution in [1.82, 2.24) is 0 Å². The third kappa shape index (κ3) is 2.49. The molecule has 4 rings (SSSR count). The van der Waals surface area contributed by atoms with Gasteiger partial charge in [0.05, 0.1) is 11.6 Å². The van der Waals surface area contributed by atoms with Crippen molar-refractivity contribution in [2.24, 2.45) is 4.99 Å². The van der Waals surface area contributed by atoms with Gasteiger partial charge in [0, 0.05) is 23.0 Å². The zero-order valence-electron chi connectivity index (χ0n) is 12.3. The summed E-state index contributed by atoms with van der Waals surface area (Å²) in [5.41, 5.74) is 3.78. The Morgan fingerprint density at radius 3 is 2.17 bits per heavy atom. The van der Waals surface area contributed by atoms with Crippen LogP contribution in [0.25, 0.3) is 10.8 Å². The number of aliphatic imine (C=N–C) groups is 1. The van der Waals surface area contributed by atoms with Crippen LogP contribution in [-0.2, 0) is 0 Å². The van der Waals surface area contributed by atoms with Crippen LogP contribution < -0.4 is 10.6 Å². The SMILES string of the molecule is N#Cc1ccc(C=NC2Nc3cccc4cccc(c34)N2)cc1. The molecule has 2 N–H and O–H groups in total. The molecule has 0 aromatic heterocycles. The van der Waals surface area contributed by atoms with Gasteiger partial charge < -0.3 is 10.6 Å². The van der Waals surface area contributed by atoms with Crippen LogP contribution in [0.1, 0.15) is 11.1 Å². The van der Waals surface area contributed by atoms with Crippen LogP contribution in [0.4, 0.5) is 11.4 Å². The van der Waals surface area contributed by atoms with E-state index in [9.17, 15) is 0 Å². The fourth-order valence-corrected chi connectivity index (χ4v) is 2.79. The molecule has 0 aliphatic carbocycles. The Hall–Kier alpha value is -3.32. The van der Waals surface area contributed by atoms with Crippen LogP contribution in [0.15, 0.2) is 65.7 Å². The molecule has 3 aromatic carbocycles. The first-order valence-electron chi connectivity index (χ1n) is 7.42. The Labute approximate surface area is 134 Å². The number of hydrogen-bond donors (Lipinski definition) is 2. The summed E-state index contributed by atoms with van der Waals surface area (Å²) in [5.74, 6) is 0. The van der Waals surface area contributed by atoms with Crippen LogP contribution in [0.3, 0.4) is 0 Å². The lowest BCUT2D eigenvalue weighted by Crippen LogP contribution is -2.30. The van der Waals surface area contributed by atoms with Gasteiger partial charge in [0.15, 0.2) is 6.29 Å². The second kappa shape index (κ2) is 5.47. The summed E-state index contributed by atoms with van der Waals surface area (Å²) in [6, 6.07) is 21.9. The molecule has 0 fully saturated rings. The molecule has 1 aliphatic rings. The van der Waals surface area contributed by atoms with E-state index in [1.807, 2.05) is 24.3 Å². The van der Waals surface area contributed by atoms with Crippen LogP contribution in [0.2, 0.25) is 0 Å². The average Bonchev–Trinajstić information content (AvgIpc) is 2.61. The Morgan fingerprint density at radius 1 is 0.913 bits per heavy atom. The topological polar surface area (TPSA) is 60.2 Å². The quantitative estimate of drug-likeness (QED) is 0.704. The molecule has 110 valence electrons. The minimum Gasteiger partial charge on any atom is -0.346 e. The largest absolute Gasteiger partial charge is 0.346 e.